The van der Waals surface area contributed by atoms with E-state index in [2.05, 4.69) is 15.9 Å². The first-order valence-electron chi connectivity index (χ1n) is 9.66. The number of nitro benzene ring substituents is 1. The summed E-state index contributed by atoms with van der Waals surface area (Å²) in [4.78, 5) is 37.9. The molecule has 1 heterocycles. The fourth-order valence-electron chi connectivity index (χ4n) is 3.66. The zero-order valence-corrected chi connectivity index (χ0v) is 18.4. The molecule has 1 saturated heterocycles. The molecule has 3 aromatic rings. The van der Waals surface area contributed by atoms with Crippen molar-refractivity contribution in [2.75, 3.05) is 4.90 Å². The van der Waals surface area contributed by atoms with Gasteiger partial charge in [0.2, 0.25) is 0 Å². The van der Waals surface area contributed by atoms with Gasteiger partial charge in [0.25, 0.3) is 17.4 Å². The molecule has 0 aliphatic carbocycles. The first-order valence-corrected chi connectivity index (χ1v) is 10.4. The predicted molar refractivity (Wildman–Crippen MR) is 123 cm³/mol. The molecule has 3 aromatic carbocycles. The van der Waals surface area contributed by atoms with Gasteiger partial charge in [0.1, 0.15) is 5.76 Å². The van der Waals surface area contributed by atoms with Gasteiger partial charge in [-0.2, -0.15) is 0 Å². The lowest BCUT2D eigenvalue weighted by molar-refractivity contribution is -0.384. The number of anilines is 1. The first-order chi connectivity index (χ1) is 15.3. The smallest absolute Gasteiger partial charge is 0.300 e. The Morgan fingerprint density at radius 1 is 0.969 bits per heavy atom. The van der Waals surface area contributed by atoms with Crippen LogP contribution in [-0.4, -0.2) is 21.7 Å². The second-order valence-electron chi connectivity index (χ2n) is 7.36. The Morgan fingerprint density at radius 3 is 2.12 bits per heavy atom. The lowest BCUT2D eigenvalue weighted by Crippen LogP contribution is -2.29. The Labute approximate surface area is 191 Å². The van der Waals surface area contributed by atoms with Crippen LogP contribution in [-0.2, 0) is 9.59 Å². The van der Waals surface area contributed by atoms with E-state index < -0.39 is 22.7 Å². The van der Waals surface area contributed by atoms with Gasteiger partial charge in [-0.25, -0.2) is 0 Å². The van der Waals surface area contributed by atoms with Gasteiger partial charge in [-0.1, -0.05) is 45.8 Å². The van der Waals surface area contributed by atoms with Crippen LogP contribution in [0.25, 0.3) is 5.76 Å². The molecule has 1 unspecified atom stereocenters. The molecule has 0 aromatic heterocycles. The lowest BCUT2D eigenvalue weighted by Gasteiger charge is -2.25. The van der Waals surface area contributed by atoms with Crippen LogP contribution in [0.15, 0.2) is 82.8 Å². The van der Waals surface area contributed by atoms with Gasteiger partial charge in [-0.3, -0.25) is 24.6 Å². The zero-order chi connectivity index (χ0) is 23.0. The molecule has 8 heteroatoms. The highest BCUT2D eigenvalue weighted by molar-refractivity contribution is 9.10. The summed E-state index contributed by atoms with van der Waals surface area (Å²) >= 11 is 3.38. The Hall–Kier alpha value is -3.78. The average molecular weight is 493 g/mol. The molecule has 0 saturated carbocycles. The Bertz CT molecular complexity index is 1250. The number of halogens is 1. The summed E-state index contributed by atoms with van der Waals surface area (Å²) in [6.45, 7) is 1.92. The molecule has 32 heavy (non-hydrogen) atoms. The molecule has 0 radical (unpaired) electrons. The molecule has 7 nitrogen and oxygen atoms in total. The minimum absolute atomic E-state index is 0.0771. The quantitative estimate of drug-likeness (QED) is 0.175. The summed E-state index contributed by atoms with van der Waals surface area (Å²) in [6, 6.07) is 18.6. The van der Waals surface area contributed by atoms with Gasteiger partial charge in [-0.15, -0.1) is 0 Å². The largest absolute Gasteiger partial charge is 0.507 e. The maximum Gasteiger partial charge on any atom is 0.300 e. The van der Waals surface area contributed by atoms with Gasteiger partial charge >= 0.3 is 0 Å². The fourth-order valence-corrected chi connectivity index (χ4v) is 3.93. The van der Waals surface area contributed by atoms with Crippen LogP contribution < -0.4 is 4.90 Å². The van der Waals surface area contributed by atoms with Crippen molar-refractivity contribution in [1.29, 1.82) is 0 Å². The van der Waals surface area contributed by atoms with Crippen molar-refractivity contribution < 1.29 is 19.6 Å². The number of ketones is 1. The third-order valence-electron chi connectivity index (χ3n) is 5.29. The second kappa shape index (κ2) is 8.39. The van der Waals surface area contributed by atoms with E-state index in [0.717, 1.165) is 10.0 Å². The van der Waals surface area contributed by atoms with Gasteiger partial charge in [0.15, 0.2) is 0 Å². The number of hydrogen-bond acceptors (Lipinski definition) is 5. The summed E-state index contributed by atoms with van der Waals surface area (Å²) in [6.07, 6.45) is 0. The zero-order valence-electron chi connectivity index (χ0n) is 16.9. The van der Waals surface area contributed by atoms with Crippen LogP contribution in [0.1, 0.15) is 22.7 Å². The van der Waals surface area contributed by atoms with E-state index in [9.17, 15) is 24.8 Å². The highest BCUT2D eigenvalue weighted by Crippen LogP contribution is 2.42. The lowest BCUT2D eigenvalue weighted by atomic mass is 9.95. The summed E-state index contributed by atoms with van der Waals surface area (Å²) in [7, 11) is 0. The van der Waals surface area contributed by atoms with E-state index in [0.29, 0.717) is 11.3 Å². The van der Waals surface area contributed by atoms with Crippen LogP contribution in [0.4, 0.5) is 11.4 Å². The SMILES string of the molecule is Cc1ccc(N2C(=O)C(=O)/C(=C(\O)c3ccc([N+](=O)[O-])cc3)C2c2ccc(Br)cc2)cc1. The monoisotopic (exact) mass is 492 g/mol. The topological polar surface area (TPSA) is 101 Å². The number of nitrogens with zero attached hydrogens (tertiary/aromatic N) is 2. The summed E-state index contributed by atoms with van der Waals surface area (Å²) in [5, 5.41) is 22.0. The van der Waals surface area contributed by atoms with Crippen molar-refractivity contribution in [3.63, 3.8) is 0 Å². The average Bonchev–Trinajstić information content (AvgIpc) is 3.05. The Morgan fingerprint density at radius 2 is 1.56 bits per heavy atom. The highest BCUT2D eigenvalue weighted by atomic mass is 79.9. The number of nitro groups is 1. The van der Waals surface area contributed by atoms with E-state index in [1.807, 2.05) is 19.1 Å². The van der Waals surface area contributed by atoms with Gasteiger partial charge in [0, 0.05) is 27.9 Å². The maximum atomic E-state index is 13.1. The molecular weight excluding hydrogens is 476 g/mol. The minimum Gasteiger partial charge on any atom is -0.507 e. The van der Waals surface area contributed by atoms with Crippen molar-refractivity contribution in [3.8, 4) is 0 Å². The number of carbonyl (C=O) groups excluding carboxylic acids is 2. The van der Waals surface area contributed by atoms with Crippen molar-refractivity contribution in [2.45, 2.75) is 13.0 Å². The van der Waals surface area contributed by atoms with Crippen LogP contribution >= 0.6 is 15.9 Å². The van der Waals surface area contributed by atoms with Crippen molar-refractivity contribution in [3.05, 3.63) is 110 Å². The molecule has 1 aliphatic heterocycles. The third-order valence-corrected chi connectivity index (χ3v) is 5.82. The summed E-state index contributed by atoms with van der Waals surface area (Å²) in [5.74, 6) is -1.97. The molecule has 1 N–H and O–H groups in total. The highest BCUT2D eigenvalue weighted by Gasteiger charge is 2.46. The van der Waals surface area contributed by atoms with Gasteiger partial charge in [0.05, 0.1) is 16.5 Å². The van der Waals surface area contributed by atoms with Crippen LogP contribution in [0.3, 0.4) is 0 Å². The number of hydrogen-bond donors (Lipinski definition) is 1. The number of amides is 1. The molecule has 0 spiro atoms. The molecule has 1 atom stereocenters. The van der Waals surface area contributed by atoms with Crippen LogP contribution in [0.5, 0.6) is 0 Å². The molecular formula is C24H17BrN2O5. The van der Waals surface area contributed by atoms with Crippen molar-refractivity contribution in [1.82, 2.24) is 0 Å². The van der Waals surface area contributed by atoms with Crippen molar-refractivity contribution in [2.24, 2.45) is 0 Å². The number of aryl methyl sites for hydroxylation is 1. The number of benzene rings is 3. The summed E-state index contributed by atoms with van der Waals surface area (Å²) in [5.41, 5.74) is 2.14. The second-order valence-corrected chi connectivity index (χ2v) is 8.28. The maximum absolute atomic E-state index is 13.1. The van der Waals surface area contributed by atoms with Gasteiger partial charge in [-0.05, 0) is 48.9 Å². The first kappa shape index (κ1) is 21.5. The fraction of sp³-hybridized carbons (Fsp3) is 0.0833. The standard InChI is InChI=1S/C24H17BrN2O5/c1-14-2-10-18(11-3-14)26-21(15-4-8-17(25)9-5-15)20(23(29)24(26)30)22(28)16-6-12-19(13-7-16)27(31)32/h2-13,21,28H,1H3/b22-20-. The Kier molecular flexibility index (Phi) is 5.63. The summed E-state index contributed by atoms with van der Waals surface area (Å²) < 4.78 is 0.823. The van der Waals surface area contributed by atoms with Crippen molar-refractivity contribution >= 4 is 44.8 Å². The minimum atomic E-state index is -0.860. The molecule has 1 aliphatic rings. The number of aliphatic hydroxyl groups excluding tert-OH is 1. The number of carbonyl (C=O) groups is 2. The van der Waals surface area contributed by atoms with Gasteiger partial charge < -0.3 is 5.11 Å². The third kappa shape index (κ3) is 3.80. The van der Waals surface area contributed by atoms with E-state index in [4.69, 9.17) is 0 Å². The van der Waals surface area contributed by atoms with E-state index in [1.165, 1.54) is 29.2 Å². The molecule has 160 valence electrons. The normalized spacial score (nSPS) is 17.6. The van der Waals surface area contributed by atoms with E-state index in [1.54, 1.807) is 36.4 Å². The number of aliphatic hydroxyl groups is 1. The Balaban J connectivity index is 1.90. The number of non-ortho nitro benzene ring substituents is 1. The van der Waals surface area contributed by atoms with E-state index >= 15 is 0 Å². The predicted octanol–water partition coefficient (Wildman–Crippen LogP) is 5.29. The molecule has 0 bridgehead atoms. The van der Waals surface area contributed by atoms with Crippen LogP contribution in [0, 0.1) is 17.0 Å². The molecule has 4 rings (SSSR count). The number of rotatable bonds is 4. The van der Waals surface area contributed by atoms with E-state index in [-0.39, 0.29) is 22.6 Å². The molecule has 1 amide bonds. The van der Waals surface area contributed by atoms with Crippen LogP contribution in [0.2, 0.25) is 0 Å². The number of Topliss-reactive ketones (excluding diaryl/α,β-unsaturated/α-hetero) is 1. The molecule has 1 fully saturated rings.